The number of ether oxygens (including phenoxy) is 2. The predicted octanol–water partition coefficient (Wildman–Crippen LogP) is 1.66. The van der Waals surface area contributed by atoms with Crippen molar-refractivity contribution in [2.24, 2.45) is 5.92 Å². The molecule has 1 aromatic rings. The molecule has 29 heavy (non-hydrogen) atoms. The smallest absolute Gasteiger partial charge is 0.277 e. The van der Waals surface area contributed by atoms with Crippen molar-refractivity contribution in [1.29, 1.82) is 0 Å². The van der Waals surface area contributed by atoms with Gasteiger partial charge >= 0.3 is 0 Å². The topological polar surface area (TPSA) is 79.3 Å². The van der Waals surface area contributed by atoms with E-state index in [4.69, 9.17) is 9.47 Å². The Morgan fingerprint density at radius 3 is 2.59 bits per heavy atom. The van der Waals surface area contributed by atoms with Crippen molar-refractivity contribution in [2.45, 2.75) is 31.8 Å². The van der Waals surface area contributed by atoms with Crippen LogP contribution in [0.1, 0.15) is 31.2 Å². The number of hydrogen-bond donors (Lipinski definition) is 1. The summed E-state index contributed by atoms with van der Waals surface area (Å²) in [6, 6.07) is 7.24. The van der Waals surface area contributed by atoms with Crippen LogP contribution < -0.4 is 4.74 Å². The first-order valence-electron chi connectivity index (χ1n) is 10.3. The van der Waals surface area contributed by atoms with E-state index in [1.54, 1.807) is 19.2 Å². The summed E-state index contributed by atoms with van der Waals surface area (Å²) in [6.07, 6.45) is 3.54. The minimum Gasteiger partial charge on any atom is -0.497 e. The number of likely N-dealkylation sites (tertiary alicyclic amines) is 1. The second-order valence-corrected chi connectivity index (χ2v) is 7.94. The zero-order valence-corrected chi connectivity index (χ0v) is 16.8. The van der Waals surface area contributed by atoms with E-state index in [0.717, 1.165) is 25.7 Å². The molecule has 156 valence electrons. The maximum Gasteiger partial charge on any atom is 0.277 e. The molecule has 2 amide bonds. The highest BCUT2D eigenvalue weighted by Crippen LogP contribution is 2.35. The molecule has 0 saturated carbocycles. The van der Waals surface area contributed by atoms with Gasteiger partial charge in [0.15, 0.2) is 0 Å². The molecule has 1 aromatic carbocycles. The van der Waals surface area contributed by atoms with Gasteiger partial charge in [0.2, 0.25) is 0 Å². The van der Waals surface area contributed by atoms with Crippen LogP contribution in [-0.2, 0) is 14.3 Å². The van der Waals surface area contributed by atoms with Crippen LogP contribution >= 0.6 is 0 Å². The van der Waals surface area contributed by atoms with Gasteiger partial charge in [-0.1, -0.05) is 12.1 Å². The number of imide groups is 1. The van der Waals surface area contributed by atoms with Gasteiger partial charge in [0, 0.05) is 26.3 Å². The average molecular weight is 400 g/mol. The first-order chi connectivity index (χ1) is 14.1. The van der Waals surface area contributed by atoms with Crippen molar-refractivity contribution in [2.75, 3.05) is 40.0 Å². The van der Waals surface area contributed by atoms with Gasteiger partial charge in [0.25, 0.3) is 11.8 Å². The first-order valence-corrected chi connectivity index (χ1v) is 10.3. The zero-order chi connectivity index (χ0) is 20.4. The van der Waals surface area contributed by atoms with Crippen molar-refractivity contribution in [3.05, 3.63) is 35.5 Å². The fourth-order valence-electron chi connectivity index (χ4n) is 4.45. The number of amides is 2. The summed E-state index contributed by atoms with van der Waals surface area (Å²) in [4.78, 5) is 30.0. The van der Waals surface area contributed by atoms with Crippen molar-refractivity contribution in [3.63, 3.8) is 0 Å². The van der Waals surface area contributed by atoms with Crippen molar-refractivity contribution in [1.82, 2.24) is 9.80 Å². The molecule has 0 bridgehead atoms. The number of methoxy groups -OCH3 is 1. The molecule has 2 saturated heterocycles. The third kappa shape index (κ3) is 3.89. The van der Waals surface area contributed by atoms with Gasteiger partial charge in [-0.3, -0.25) is 14.5 Å². The monoisotopic (exact) mass is 400 g/mol. The lowest BCUT2D eigenvalue weighted by Crippen LogP contribution is -2.42. The lowest BCUT2D eigenvalue weighted by Gasteiger charge is -2.34. The molecule has 3 heterocycles. The van der Waals surface area contributed by atoms with Crippen LogP contribution in [0, 0.1) is 5.92 Å². The van der Waals surface area contributed by atoms with E-state index < -0.39 is 0 Å². The standard InChI is InChI=1S/C22H28N2O5/c1-28-17-8-6-16(7-9-17)19-20(23-10-2-4-15(12-23)14-25)22(27)24(21(19)26)13-18-5-3-11-29-18/h6-9,15,18,25H,2-5,10-14H2,1H3. The number of rotatable bonds is 6. The molecule has 3 aliphatic heterocycles. The predicted molar refractivity (Wildman–Crippen MR) is 107 cm³/mol. The van der Waals surface area contributed by atoms with E-state index in [1.807, 2.05) is 17.0 Å². The molecule has 2 unspecified atom stereocenters. The molecular weight excluding hydrogens is 372 g/mol. The van der Waals surface area contributed by atoms with Crippen LogP contribution in [0.4, 0.5) is 0 Å². The Morgan fingerprint density at radius 1 is 1.14 bits per heavy atom. The molecule has 7 heteroatoms. The van der Waals surface area contributed by atoms with Crippen molar-refractivity contribution in [3.8, 4) is 5.75 Å². The van der Waals surface area contributed by atoms with Gasteiger partial charge < -0.3 is 19.5 Å². The summed E-state index contributed by atoms with van der Waals surface area (Å²) in [5, 5.41) is 9.62. The van der Waals surface area contributed by atoms with E-state index in [9.17, 15) is 14.7 Å². The van der Waals surface area contributed by atoms with Gasteiger partial charge in [-0.15, -0.1) is 0 Å². The quantitative estimate of drug-likeness (QED) is 0.732. The third-order valence-corrected chi connectivity index (χ3v) is 6.03. The normalized spacial score (nSPS) is 25.3. The zero-order valence-electron chi connectivity index (χ0n) is 16.8. The van der Waals surface area contributed by atoms with Gasteiger partial charge in [-0.25, -0.2) is 0 Å². The van der Waals surface area contributed by atoms with E-state index in [-0.39, 0.29) is 37.0 Å². The van der Waals surface area contributed by atoms with Crippen molar-refractivity contribution < 1.29 is 24.2 Å². The summed E-state index contributed by atoms with van der Waals surface area (Å²) >= 11 is 0. The third-order valence-electron chi connectivity index (χ3n) is 6.03. The highest BCUT2D eigenvalue weighted by atomic mass is 16.5. The number of carbonyl (C=O) groups excluding carboxylic acids is 2. The summed E-state index contributed by atoms with van der Waals surface area (Å²) < 4.78 is 10.9. The Hall–Kier alpha value is -2.38. The number of benzene rings is 1. The molecule has 0 aliphatic carbocycles. The molecule has 4 rings (SSSR count). The summed E-state index contributed by atoms with van der Waals surface area (Å²) in [6.45, 7) is 2.34. The minimum atomic E-state index is -0.267. The molecule has 2 atom stereocenters. The van der Waals surface area contributed by atoms with E-state index in [0.29, 0.717) is 42.3 Å². The molecule has 0 aromatic heterocycles. The lowest BCUT2D eigenvalue weighted by atomic mass is 9.97. The van der Waals surface area contributed by atoms with Gasteiger partial charge in [0.05, 0.1) is 25.3 Å². The SMILES string of the molecule is COc1ccc(C2=C(N3CCCC(CO)C3)C(=O)N(CC3CCCO3)C2=O)cc1. The number of piperidine rings is 1. The minimum absolute atomic E-state index is 0.0867. The highest BCUT2D eigenvalue weighted by Gasteiger charge is 2.43. The highest BCUT2D eigenvalue weighted by molar-refractivity contribution is 6.35. The molecule has 1 N–H and O–H groups in total. The fraction of sp³-hybridized carbons (Fsp3) is 0.545. The van der Waals surface area contributed by atoms with Gasteiger partial charge in [-0.05, 0) is 49.3 Å². The van der Waals surface area contributed by atoms with Crippen LogP contribution in [0.15, 0.2) is 30.0 Å². The van der Waals surface area contributed by atoms with E-state index in [2.05, 4.69) is 0 Å². The van der Waals surface area contributed by atoms with Gasteiger partial charge in [0.1, 0.15) is 11.4 Å². The van der Waals surface area contributed by atoms with E-state index >= 15 is 0 Å². The number of hydrogen-bond acceptors (Lipinski definition) is 6. The molecule has 0 radical (unpaired) electrons. The van der Waals surface area contributed by atoms with E-state index in [1.165, 1.54) is 4.90 Å². The maximum absolute atomic E-state index is 13.4. The van der Waals surface area contributed by atoms with Crippen LogP contribution in [0.5, 0.6) is 5.75 Å². The summed E-state index contributed by atoms with van der Waals surface area (Å²) in [7, 11) is 1.59. The van der Waals surface area contributed by atoms with Crippen molar-refractivity contribution >= 4 is 17.4 Å². The number of aliphatic hydroxyl groups excluding tert-OH is 1. The molecule has 0 spiro atoms. The Bertz CT molecular complexity index is 798. The molecule has 2 fully saturated rings. The summed E-state index contributed by atoms with van der Waals surface area (Å²) in [5.41, 5.74) is 1.60. The molecule has 3 aliphatic rings. The van der Waals surface area contributed by atoms with Gasteiger partial charge in [-0.2, -0.15) is 0 Å². The molecular formula is C22H28N2O5. The van der Waals surface area contributed by atoms with Crippen LogP contribution in [0.3, 0.4) is 0 Å². The fourth-order valence-corrected chi connectivity index (χ4v) is 4.45. The Morgan fingerprint density at radius 2 is 1.93 bits per heavy atom. The number of nitrogens with zero attached hydrogens (tertiary/aromatic N) is 2. The molecule has 7 nitrogen and oxygen atoms in total. The largest absolute Gasteiger partial charge is 0.497 e. The second-order valence-electron chi connectivity index (χ2n) is 7.94. The lowest BCUT2D eigenvalue weighted by molar-refractivity contribution is -0.139. The Kier molecular flexibility index (Phi) is 5.87. The van der Waals surface area contributed by atoms with Crippen LogP contribution in [-0.4, -0.2) is 72.8 Å². The number of aliphatic hydroxyl groups is 1. The van der Waals surface area contributed by atoms with Crippen LogP contribution in [0.2, 0.25) is 0 Å². The average Bonchev–Trinajstić information content (AvgIpc) is 3.36. The maximum atomic E-state index is 13.4. The second kappa shape index (κ2) is 8.55. The Balaban J connectivity index is 1.69. The van der Waals surface area contributed by atoms with Crippen LogP contribution in [0.25, 0.3) is 5.57 Å². The first kappa shape index (κ1) is 19.9. The summed E-state index contributed by atoms with van der Waals surface area (Å²) in [5.74, 6) is 0.289. The Labute approximate surface area is 170 Å². The number of carbonyl (C=O) groups is 2.